The van der Waals surface area contributed by atoms with Gasteiger partial charge in [0.2, 0.25) is 5.43 Å². The average molecular weight is 486 g/mol. The average Bonchev–Trinajstić information content (AvgIpc) is 2.84. The third kappa shape index (κ3) is 5.54. The highest BCUT2D eigenvalue weighted by Crippen LogP contribution is 2.30. The maximum absolute atomic E-state index is 13.2. The highest BCUT2D eigenvalue weighted by molar-refractivity contribution is 5.92. The van der Waals surface area contributed by atoms with Gasteiger partial charge >= 0.3 is 6.18 Å². The maximum Gasteiger partial charge on any atom is 0.416 e. The summed E-state index contributed by atoms with van der Waals surface area (Å²) in [5.74, 6) is 0.255. The molecular formula is C25H25F3N4O3. The first-order valence-corrected chi connectivity index (χ1v) is 11.1. The molecule has 184 valence electrons. The van der Waals surface area contributed by atoms with Gasteiger partial charge in [-0.2, -0.15) is 18.3 Å². The van der Waals surface area contributed by atoms with Crippen LogP contribution in [0.25, 0.3) is 5.69 Å². The number of alkyl halides is 3. The van der Waals surface area contributed by atoms with Crippen molar-refractivity contribution in [3.8, 4) is 11.4 Å². The number of hydrogen-bond donors (Lipinski definition) is 0. The van der Waals surface area contributed by atoms with Crippen molar-refractivity contribution in [3.05, 3.63) is 87.3 Å². The molecule has 0 aliphatic carbocycles. The summed E-state index contributed by atoms with van der Waals surface area (Å²) in [6.07, 6.45) is -4.52. The summed E-state index contributed by atoms with van der Waals surface area (Å²) < 4.78 is 45.8. The summed E-state index contributed by atoms with van der Waals surface area (Å²) in [5.41, 5.74) is -0.135. The van der Waals surface area contributed by atoms with Crippen LogP contribution in [0.5, 0.6) is 5.75 Å². The number of rotatable bonds is 5. The minimum Gasteiger partial charge on any atom is -0.497 e. The number of aryl methyl sites for hydroxylation is 1. The van der Waals surface area contributed by atoms with Crippen LogP contribution in [-0.4, -0.2) is 58.8 Å². The molecule has 0 spiro atoms. The van der Waals surface area contributed by atoms with Gasteiger partial charge in [0.1, 0.15) is 5.75 Å². The lowest BCUT2D eigenvalue weighted by Gasteiger charge is -2.34. The van der Waals surface area contributed by atoms with E-state index in [1.807, 2.05) is 24.3 Å². The third-order valence-electron chi connectivity index (χ3n) is 5.95. The number of nitrogens with zero attached hydrogens (tertiary/aromatic N) is 4. The van der Waals surface area contributed by atoms with Crippen molar-refractivity contribution in [2.24, 2.45) is 0 Å². The molecule has 10 heteroatoms. The molecule has 0 bridgehead atoms. The van der Waals surface area contributed by atoms with Crippen molar-refractivity contribution >= 4 is 5.91 Å². The van der Waals surface area contributed by atoms with E-state index in [0.29, 0.717) is 31.9 Å². The zero-order valence-electron chi connectivity index (χ0n) is 19.4. The predicted molar refractivity (Wildman–Crippen MR) is 124 cm³/mol. The molecule has 0 unspecified atom stereocenters. The van der Waals surface area contributed by atoms with Crippen molar-refractivity contribution in [3.63, 3.8) is 0 Å². The van der Waals surface area contributed by atoms with Gasteiger partial charge in [0.15, 0.2) is 5.69 Å². The van der Waals surface area contributed by atoms with Crippen molar-refractivity contribution in [1.82, 2.24) is 19.6 Å². The number of hydrogen-bond acceptors (Lipinski definition) is 5. The van der Waals surface area contributed by atoms with Crippen LogP contribution in [0.15, 0.2) is 59.4 Å². The molecule has 1 saturated heterocycles. The lowest BCUT2D eigenvalue weighted by Crippen LogP contribution is -2.49. The number of piperazine rings is 1. The minimum absolute atomic E-state index is 0.121. The van der Waals surface area contributed by atoms with E-state index in [2.05, 4.69) is 10.00 Å². The monoisotopic (exact) mass is 486 g/mol. The predicted octanol–water partition coefficient (Wildman–Crippen LogP) is 3.53. The van der Waals surface area contributed by atoms with E-state index in [1.54, 1.807) is 18.9 Å². The van der Waals surface area contributed by atoms with Gasteiger partial charge in [0, 0.05) is 44.5 Å². The number of carbonyl (C=O) groups excluding carboxylic acids is 1. The summed E-state index contributed by atoms with van der Waals surface area (Å²) in [4.78, 5) is 29.4. The summed E-state index contributed by atoms with van der Waals surface area (Å²) in [7, 11) is 1.61. The normalized spacial score (nSPS) is 14.7. The fraction of sp³-hybridized carbons (Fsp3) is 0.320. The number of aromatic nitrogens is 2. The molecule has 0 saturated carbocycles. The molecule has 3 aromatic rings. The molecule has 1 aliphatic heterocycles. The summed E-state index contributed by atoms with van der Waals surface area (Å²) in [6, 6.07) is 13.6. The Bertz CT molecular complexity index is 1260. The molecule has 2 heterocycles. The van der Waals surface area contributed by atoms with E-state index in [4.69, 9.17) is 4.74 Å². The first-order valence-electron chi connectivity index (χ1n) is 11.1. The van der Waals surface area contributed by atoms with E-state index < -0.39 is 23.1 Å². The van der Waals surface area contributed by atoms with Gasteiger partial charge in [-0.05, 0) is 42.8 Å². The molecule has 1 aliphatic rings. The number of halogens is 3. The first-order chi connectivity index (χ1) is 16.7. The minimum atomic E-state index is -4.52. The van der Waals surface area contributed by atoms with E-state index in [9.17, 15) is 22.8 Å². The number of amides is 1. The summed E-state index contributed by atoms with van der Waals surface area (Å²) >= 11 is 0. The quantitative estimate of drug-likeness (QED) is 0.552. The van der Waals surface area contributed by atoms with Crippen LogP contribution in [0.2, 0.25) is 0 Å². The summed E-state index contributed by atoms with van der Waals surface area (Å²) in [6.45, 7) is 4.33. The van der Waals surface area contributed by atoms with Crippen LogP contribution in [0.3, 0.4) is 0 Å². The molecular weight excluding hydrogens is 461 g/mol. The number of carbonyl (C=O) groups is 1. The van der Waals surface area contributed by atoms with Gasteiger partial charge in [0.05, 0.1) is 18.4 Å². The molecule has 0 atom stereocenters. The van der Waals surface area contributed by atoms with Crippen molar-refractivity contribution in [2.75, 3.05) is 33.3 Å². The zero-order chi connectivity index (χ0) is 25.2. The Labute approximate surface area is 200 Å². The van der Waals surface area contributed by atoms with Crippen LogP contribution in [-0.2, 0) is 12.7 Å². The van der Waals surface area contributed by atoms with Crippen LogP contribution in [0, 0.1) is 6.92 Å². The molecule has 0 N–H and O–H groups in total. The van der Waals surface area contributed by atoms with Gasteiger partial charge in [-0.1, -0.05) is 18.2 Å². The molecule has 1 fully saturated rings. The zero-order valence-corrected chi connectivity index (χ0v) is 19.4. The maximum atomic E-state index is 13.2. The Hall–Kier alpha value is -3.66. The van der Waals surface area contributed by atoms with Crippen LogP contribution in [0.4, 0.5) is 13.2 Å². The Balaban J connectivity index is 1.49. The largest absolute Gasteiger partial charge is 0.497 e. The molecule has 2 aromatic carbocycles. The second-order valence-corrected chi connectivity index (χ2v) is 8.37. The Kier molecular flexibility index (Phi) is 6.93. The Morgan fingerprint density at radius 3 is 2.34 bits per heavy atom. The van der Waals surface area contributed by atoms with Crippen molar-refractivity contribution in [2.45, 2.75) is 19.6 Å². The molecule has 35 heavy (non-hydrogen) atoms. The van der Waals surface area contributed by atoms with Gasteiger partial charge in [-0.25, -0.2) is 4.68 Å². The standard InChI is InChI=1S/C25H25F3N4O3/c1-17-14-22(33)23(29-32(17)20-5-3-4-19(15-20)25(26,27)28)24(34)31-12-10-30(11-13-31)16-18-6-8-21(35-2)9-7-18/h3-9,14-15H,10-13,16H2,1-2H3. The number of benzene rings is 2. The number of methoxy groups -OCH3 is 1. The smallest absolute Gasteiger partial charge is 0.416 e. The first kappa shape index (κ1) is 24.5. The molecule has 0 radical (unpaired) electrons. The highest BCUT2D eigenvalue weighted by Gasteiger charge is 2.31. The van der Waals surface area contributed by atoms with E-state index in [1.165, 1.54) is 22.9 Å². The second-order valence-electron chi connectivity index (χ2n) is 8.37. The van der Waals surface area contributed by atoms with Crippen molar-refractivity contribution < 1.29 is 22.7 Å². The Morgan fingerprint density at radius 1 is 1.03 bits per heavy atom. The van der Waals surface area contributed by atoms with Gasteiger partial charge in [-0.3, -0.25) is 14.5 Å². The second kappa shape index (κ2) is 9.91. The molecule has 1 aromatic heterocycles. The van der Waals surface area contributed by atoms with Crippen LogP contribution >= 0.6 is 0 Å². The van der Waals surface area contributed by atoms with Crippen molar-refractivity contribution in [1.29, 1.82) is 0 Å². The van der Waals surface area contributed by atoms with Crippen LogP contribution < -0.4 is 10.2 Å². The molecule has 1 amide bonds. The lowest BCUT2D eigenvalue weighted by atomic mass is 10.2. The van der Waals surface area contributed by atoms with Crippen LogP contribution in [0.1, 0.15) is 27.3 Å². The molecule has 4 rings (SSSR count). The lowest BCUT2D eigenvalue weighted by molar-refractivity contribution is -0.137. The fourth-order valence-electron chi connectivity index (χ4n) is 4.02. The summed E-state index contributed by atoms with van der Waals surface area (Å²) in [5, 5.41) is 4.16. The fourth-order valence-corrected chi connectivity index (χ4v) is 4.02. The van der Waals surface area contributed by atoms with Gasteiger partial charge in [0.25, 0.3) is 5.91 Å². The SMILES string of the molecule is COc1ccc(CN2CCN(C(=O)c3nn(-c4cccc(C(F)(F)F)c4)c(C)cc3=O)CC2)cc1. The van der Waals surface area contributed by atoms with Gasteiger partial charge in [-0.15, -0.1) is 0 Å². The third-order valence-corrected chi connectivity index (χ3v) is 5.95. The highest BCUT2D eigenvalue weighted by atomic mass is 19.4. The van der Waals surface area contributed by atoms with Gasteiger partial charge < -0.3 is 9.64 Å². The van der Waals surface area contributed by atoms with E-state index in [0.717, 1.165) is 30.0 Å². The topological polar surface area (TPSA) is 67.7 Å². The number of ether oxygens (including phenoxy) is 1. The van der Waals surface area contributed by atoms with E-state index >= 15 is 0 Å². The molecule has 7 nitrogen and oxygen atoms in total. The van der Waals surface area contributed by atoms with E-state index in [-0.39, 0.29) is 11.4 Å². The Morgan fingerprint density at radius 2 is 1.71 bits per heavy atom.